The number of benzene rings is 1. The fraction of sp³-hybridized carbons (Fsp3) is 0.231. The quantitative estimate of drug-likeness (QED) is 0.602. The number of rotatable bonds is 1. The van der Waals surface area contributed by atoms with Crippen molar-refractivity contribution in [3.8, 4) is 0 Å². The number of allylic oxidation sites excluding steroid dienone is 4. The van der Waals surface area contributed by atoms with Crippen LogP contribution < -0.4 is 0 Å². The van der Waals surface area contributed by atoms with Crippen molar-refractivity contribution in [2.45, 2.75) is 20.3 Å². The monoisotopic (exact) mass is 170 g/mol. The minimum Gasteiger partial charge on any atom is -0.0772 e. The first-order chi connectivity index (χ1) is 6.27. The molecule has 1 aromatic rings. The van der Waals surface area contributed by atoms with Gasteiger partial charge in [0.2, 0.25) is 0 Å². The summed E-state index contributed by atoms with van der Waals surface area (Å²) in [4.78, 5) is 0. The van der Waals surface area contributed by atoms with Crippen molar-refractivity contribution in [3.63, 3.8) is 0 Å². The van der Waals surface area contributed by atoms with E-state index in [0.29, 0.717) is 0 Å². The Morgan fingerprint density at radius 2 is 1.62 bits per heavy atom. The fourth-order valence-electron chi connectivity index (χ4n) is 1.70. The predicted octanol–water partition coefficient (Wildman–Crippen LogP) is 3.73. The van der Waals surface area contributed by atoms with Crippen LogP contribution in [-0.2, 0) is 0 Å². The van der Waals surface area contributed by atoms with Crippen LogP contribution >= 0.6 is 0 Å². The zero-order chi connectivity index (χ0) is 9.26. The molecule has 0 aromatic heterocycles. The van der Waals surface area contributed by atoms with Gasteiger partial charge in [0.25, 0.3) is 0 Å². The summed E-state index contributed by atoms with van der Waals surface area (Å²) in [6.07, 6.45) is 5.66. The Hall–Kier alpha value is -1.30. The molecule has 0 fully saturated rings. The topological polar surface area (TPSA) is 0 Å². The molecule has 0 spiro atoms. The van der Waals surface area contributed by atoms with Crippen LogP contribution in [0, 0.1) is 6.92 Å². The second kappa shape index (κ2) is 3.21. The largest absolute Gasteiger partial charge is 0.0772 e. The maximum Gasteiger partial charge on any atom is -0.0154 e. The molecule has 0 radical (unpaired) electrons. The Labute approximate surface area is 79.6 Å². The van der Waals surface area contributed by atoms with Gasteiger partial charge in [-0.25, -0.2) is 0 Å². The Morgan fingerprint density at radius 3 is 2.15 bits per heavy atom. The molecule has 13 heavy (non-hydrogen) atoms. The molecule has 0 unspecified atom stereocenters. The highest BCUT2D eigenvalue weighted by molar-refractivity contribution is 5.80. The average Bonchev–Trinajstić information content (AvgIpc) is 2.53. The van der Waals surface area contributed by atoms with E-state index in [1.807, 2.05) is 0 Å². The molecular formula is C13H14. The summed E-state index contributed by atoms with van der Waals surface area (Å²) in [6.45, 7) is 4.30. The second-order valence-electron chi connectivity index (χ2n) is 3.61. The molecular weight excluding hydrogens is 156 g/mol. The number of hydrogen-bond acceptors (Lipinski definition) is 0. The normalized spacial score (nSPS) is 15.5. The van der Waals surface area contributed by atoms with Crippen LogP contribution in [0.2, 0.25) is 0 Å². The summed E-state index contributed by atoms with van der Waals surface area (Å²) in [5.74, 6) is 0. The maximum absolute atomic E-state index is 2.29. The maximum atomic E-state index is 2.29. The van der Waals surface area contributed by atoms with E-state index in [1.54, 1.807) is 0 Å². The molecule has 0 heterocycles. The Kier molecular flexibility index (Phi) is 2.05. The molecule has 0 saturated heterocycles. The summed E-state index contributed by atoms with van der Waals surface area (Å²) in [5.41, 5.74) is 5.48. The molecule has 1 aromatic carbocycles. The molecule has 1 aliphatic carbocycles. The van der Waals surface area contributed by atoms with Crippen molar-refractivity contribution >= 4 is 5.57 Å². The highest BCUT2D eigenvalue weighted by atomic mass is 14.1. The highest BCUT2D eigenvalue weighted by Gasteiger charge is 2.06. The predicted molar refractivity (Wildman–Crippen MR) is 57.5 cm³/mol. The minimum absolute atomic E-state index is 1.09. The molecule has 1 aliphatic rings. The first kappa shape index (κ1) is 8.31. The van der Waals surface area contributed by atoms with Gasteiger partial charge in [0.15, 0.2) is 0 Å². The third-order valence-electron chi connectivity index (χ3n) is 2.53. The van der Waals surface area contributed by atoms with E-state index in [-0.39, 0.29) is 0 Å². The third kappa shape index (κ3) is 1.57. The number of hydrogen-bond donors (Lipinski definition) is 0. The van der Waals surface area contributed by atoms with Crippen molar-refractivity contribution in [1.29, 1.82) is 0 Å². The lowest BCUT2D eigenvalue weighted by molar-refractivity contribution is 1.42. The van der Waals surface area contributed by atoms with Crippen LogP contribution in [0.25, 0.3) is 5.57 Å². The Balaban J connectivity index is 2.37. The van der Waals surface area contributed by atoms with Crippen LogP contribution in [0.15, 0.2) is 42.0 Å². The molecule has 0 N–H and O–H groups in total. The zero-order valence-corrected chi connectivity index (χ0v) is 8.17. The molecule has 0 heteroatoms. The van der Waals surface area contributed by atoms with Crippen molar-refractivity contribution in [2.75, 3.05) is 0 Å². The number of aryl methyl sites for hydroxylation is 1. The van der Waals surface area contributed by atoms with Gasteiger partial charge in [0, 0.05) is 0 Å². The van der Waals surface area contributed by atoms with Crippen molar-refractivity contribution in [3.05, 3.63) is 53.1 Å². The summed E-state index contributed by atoms with van der Waals surface area (Å²) in [5, 5.41) is 0. The van der Waals surface area contributed by atoms with Gasteiger partial charge in [-0.2, -0.15) is 0 Å². The molecule has 0 nitrogen and oxygen atoms in total. The molecule has 0 atom stereocenters. The van der Waals surface area contributed by atoms with E-state index >= 15 is 0 Å². The van der Waals surface area contributed by atoms with E-state index in [4.69, 9.17) is 0 Å². The van der Waals surface area contributed by atoms with E-state index in [0.717, 1.165) is 6.42 Å². The summed E-state index contributed by atoms with van der Waals surface area (Å²) < 4.78 is 0. The average molecular weight is 170 g/mol. The van der Waals surface area contributed by atoms with Gasteiger partial charge >= 0.3 is 0 Å². The molecule has 0 aliphatic heterocycles. The van der Waals surface area contributed by atoms with E-state index < -0.39 is 0 Å². The summed E-state index contributed by atoms with van der Waals surface area (Å²) in [6, 6.07) is 8.73. The first-order valence-corrected chi connectivity index (χ1v) is 4.72. The highest BCUT2D eigenvalue weighted by Crippen LogP contribution is 2.28. The molecule has 0 saturated carbocycles. The third-order valence-corrected chi connectivity index (χ3v) is 2.53. The van der Waals surface area contributed by atoms with Crippen LogP contribution in [0.5, 0.6) is 0 Å². The van der Waals surface area contributed by atoms with Gasteiger partial charge in [-0.1, -0.05) is 42.0 Å². The summed E-state index contributed by atoms with van der Waals surface area (Å²) in [7, 11) is 0. The van der Waals surface area contributed by atoms with E-state index in [9.17, 15) is 0 Å². The molecule has 2 rings (SSSR count). The van der Waals surface area contributed by atoms with E-state index in [2.05, 4.69) is 50.3 Å². The van der Waals surface area contributed by atoms with Crippen LogP contribution in [0.1, 0.15) is 24.5 Å². The molecule has 0 amide bonds. The van der Waals surface area contributed by atoms with Gasteiger partial charge in [-0.05, 0) is 37.0 Å². The molecule has 0 bridgehead atoms. The van der Waals surface area contributed by atoms with Crippen molar-refractivity contribution in [1.82, 2.24) is 0 Å². The van der Waals surface area contributed by atoms with Crippen molar-refractivity contribution < 1.29 is 0 Å². The smallest absolute Gasteiger partial charge is 0.0154 e. The Bertz CT molecular complexity index is 364. The van der Waals surface area contributed by atoms with Crippen LogP contribution in [0.3, 0.4) is 0 Å². The minimum atomic E-state index is 1.09. The van der Waals surface area contributed by atoms with E-state index in [1.165, 1.54) is 22.3 Å². The Morgan fingerprint density at radius 1 is 0.923 bits per heavy atom. The van der Waals surface area contributed by atoms with Crippen LogP contribution in [0.4, 0.5) is 0 Å². The lowest BCUT2D eigenvalue weighted by atomic mass is 10.0. The zero-order valence-electron chi connectivity index (χ0n) is 8.17. The van der Waals surface area contributed by atoms with Gasteiger partial charge in [0.1, 0.15) is 0 Å². The fourth-order valence-corrected chi connectivity index (χ4v) is 1.70. The van der Waals surface area contributed by atoms with Gasteiger partial charge in [-0.15, -0.1) is 0 Å². The lowest BCUT2D eigenvalue weighted by Gasteiger charge is -2.04. The standard InChI is InChI=1S/C13H14/c1-10-6-8-12(9-7-10)13-5-3-4-11(13)2/h4-9H,3H2,1-2H3. The van der Waals surface area contributed by atoms with Crippen LogP contribution in [-0.4, -0.2) is 0 Å². The van der Waals surface area contributed by atoms with Gasteiger partial charge < -0.3 is 0 Å². The molecule has 66 valence electrons. The lowest BCUT2D eigenvalue weighted by Crippen LogP contribution is -1.83. The second-order valence-corrected chi connectivity index (χ2v) is 3.61. The first-order valence-electron chi connectivity index (χ1n) is 4.72. The van der Waals surface area contributed by atoms with Crippen molar-refractivity contribution in [2.24, 2.45) is 0 Å². The SMILES string of the molecule is CC1=CCC=C1c1ccc(C)cc1. The van der Waals surface area contributed by atoms with Gasteiger partial charge in [0.05, 0.1) is 0 Å². The summed E-state index contributed by atoms with van der Waals surface area (Å²) >= 11 is 0. The van der Waals surface area contributed by atoms with Gasteiger partial charge in [-0.3, -0.25) is 0 Å².